The SMILES string of the molecule is NC(=O)Nc1cccc(C(=O)Nc2ccc(OCc3ccccc3)cc2)c1. The van der Waals surface area contributed by atoms with Gasteiger partial charge in [-0.3, -0.25) is 4.79 Å². The number of carbonyl (C=O) groups is 2. The molecule has 3 rings (SSSR count). The van der Waals surface area contributed by atoms with Crippen molar-refractivity contribution in [1.82, 2.24) is 0 Å². The molecule has 0 heterocycles. The van der Waals surface area contributed by atoms with Crippen LogP contribution in [-0.4, -0.2) is 11.9 Å². The Balaban J connectivity index is 1.59. The van der Waals surface area contributed by atoms with Crippen LogP contribution in [0.25, 0.3) is 0 Å². The molecule has 27 heavy (non-hydrogen) atoms. The third-order valence-corrected chi connectivity index (χ3v) is 3.75. The summed E-state index contributed by atoms with van der Waals surface area (Å²) in [5.41, 5.74) is 7.68. The number of ether oxygens (including phenoxy) is 1. The van der Waals surface area contributed by atoms with Crippen LogP contribution in [-0.2, 0) is 6.61 Å². The average molecular weight is 361 g/mol. The van der Waals surface area contributed by atoms with E-state index in [0.717, 1.165) is 5.56 Å². The fourth-order valence-corrected chi connectivity index (χ4v) is 2.46. The van der Waals surface area contributed by atoms with E-state index < -0.39 is 6.03 Å². The van der Waals surface area contributed by atoms with Crippen LogP contribution in [0.2, 0.25) is 0 Å². The summed E-state index contributed by atoms with van der Waals surface area (Å²) in [5, 5.41) is 5.24. The maximum Gasteiger partial charge on any atom is 0.316 e. The van der Waals surface area contributed by atoms with E-state index in [4.69, 9.17) is 10.5 Å². The second-order valence-electron chi connectivity index (χ2n) is 5.82. The maximum absolute atomic E-state index is 12.4. The number of nitrogens with two attached hydrogens (primary N) is 1. The summed E-state index contributed by atoms with van der Waals surface area (Å²) in [7, 11) is 0. The monoisotopic (exact) mass is 361 g/mol. The van der Waals surface area contributed by atoms with Crippen LogP contribution in [0.3, 0.4) is 0 Å². The van der Waals surface area contributed by atoms with Crippen molar-refractivity contribution in [3.63, 3.8) is 0 Å². The molecule has 3 aromatic carbocycles. The van der Waals surface area contributed by atoms with Gasteiger partial charge in [-0.15, -0.1) is 0 Å². The summed E-state index contributed by atoms with van der Waals surface area (Å²) in [6.45, 7) is 0.478. The molecule has 0 spiro atoms. The number of hydrogen-bond donors (Lipinski definition) is 3. The Morgan fingerprint density at radius 2 is 1.56 bits per heavy atom. The Labute approximate surface area is 157 Å². The molecule has 0 aliphatic carbocycles. The van der Waals surface area contributed by atoms with Gasteiger partial charge in [-0.25, -0.2) is 4.79 Å². The van der Waals surface area contributed by atoms with Crippen molar-refractivity contribution >= 4 is 23.3 Å². The fourth-order valence-electron chi connectivity index (χ4n) is 2.46. The zero-order valence-electron chi connectivity index (χ0n) is 14.5. The van der Waals surface area contributed by atoms with Crippen LogP contribution >= 0.6 is 0 Å². The number of amides is 3. The molecule has 0 aliphatic heterocycles. The van der Waals surface area contributed by atoms with Gasteiger partial charge in [0.25, 0.3) is 5.91 Å². The van der Waals surface area contributed by atoms with Gasteiger partial charge < -0.3 is 21.1 Å². The van der Waals surface area contributed by atoms with Crippen molar-refractivity contribution in [2.24, 2.45) is 5.73 Å². The van der Waals surface area contributed by atoms with Crippen molar-refractivity contribution in [3.8, 4) is 5.75 Å². The standard InChI is InChI=1S/C21H19N3O3/c22-21(26)24-18-8-4-7-16(13-18)20(25)23-17-9-11-19(12-10-17)27-14-15-5-2-1-3-6-15/h1-13H,14H2,(H,23,25)(H3,22,24,26). The van der Waals surface area contributed by atoms with E-state index in [-0.39, 0.29) is 5.91 Å². The van der Waals surface area contributed by atoms with E-state index in [9.17, 15) is 9.59 Å². The fraction of sp³-hybridized carbons (Fsp3) is 0.0476. The Hall–Kier alpha value is -3.80. The molecule has 0 saturated carbocycles. The quantitative estimate of drug-likeness (QED) is 0.619. The van der Waals surface area contributed by atoms with Crippen LogP contribution in [0.1, 0.15) is 15.9 Å². The summed E-state index contributed by atoms with van der Waals surface area (Å²) in [6, 6.07) is 22.8. The van der Waals surface area contributed by atoms with E-state index in [2.05, 4.69) is 10.6 Å². The third kappa shape index (κ3) is 5.34. The molecular formula is C21H19N3O3. The summed E-state index contributed by atoms with van der Waals surface area (Å²) < 4.78 is 5.72. The predicted molar refractivity (Wildman–Crippen MR) is 105 cm³/mol. The van der Waals surface area contributed by atoms with Crippen molar-refractivity contribution in [2.45, 2.75) is 6.61 Å². The highest BCUT2D eigenvalue weighted by Gasteiger charge is 2.08. The zero-order valence-corrected chi connectivity index (χ0v) is 14.5. The molecule has 0 unspecified atom stereocenters. The van der Waals surface area contributed by atoms with Gasteiger partial charge in [-0.2, -0.15) is 0 Å². The lowest BCUT2D eigenvalue weighted by molar-refractivity contribution is 0.102. The van der Waals surface area contributed by atoms with E-state index in [1.165, 1.54) is 0 Å². The largest absolute Gasteiger partial charge is 0.489 e. The lowest BCUT2D eigenvalue weighted by Gasteiger charge is -2.09. The number of primary amides is 1. The first-order valence-corrected chi connectivity index (χ1v) is 8.35. The molecule has 0 aliphatic rings. The minimum absolute atomic E-state index is 0.291. The maximum atomic E-state index is 12.4. The smallest absolute Gasteiger partial charge is 0.316 e. The summed E-state index contributed by atoms with van der Waals surface area (Å²) >= 11 is 0. The number of hydrogen-bond acceptors (Lipinski definition) is 3. The Morgan fingerprint density at radius 1 is 0.815 bits per heavy atom. The average Bonchev–Trinajstić information content (AvgIpc) is 2.68. The summed E-state index contributed by atoms with van der Waals surface area (Å²) in [4.78, 5) is 23.3. The topological polar surface area (TPSA) is 93.5 Å². The molecule has 0 radical (unpaired) electrons. The zero-order chi connectivity index (χ0) is 19.1. The van der Waals surface area contributed by atoms with Gasteiger partial charge in [-0.1, -0.05) is 36.4 Å². The van der Waals surface area contributed by atoms with Gasteiger partial charge in [0.1, 0.15) is 12.4 Å². The molecule has 3 amide bonds. The van der Waals surface area contributed by atoms with Gasteiger partial charge >= 0.3 is 6.03 Å². The summed E-state index contributed by atoms with van der Waals surface area (Å²) in [5.74, 6) is 0.422. The minimum Gasteiger partial charge on any atom is -0.489 e. The Bertz CT molecular complexity index is 925. The second kappa shape index (κ2) is 8.53. The van der Waals surface area contributed by atoms with Crippen molar-refractivity contribution in [1.29, 1.82) is 0 Å². The lowest BCUT2D eigenvalue weighted by Crippen LogP contribution is -2.19. The van der Waals surface area contributed by atoms with E-state index in [1.54, 1.807) is 48.5 Å². The highest BCUT2D eigenvalue weighted by atomic mass is 16.5. The van der Waals surface area contributed by atoms with Crippen LogP contribution < -0.4 is 21.1 Å². The number of benzene rings is 3. The molecule has 136 valence electrons. The molecule has 0 fully saturated rings. The highest BCUT2D eigenvalue weighted by molar-refractivity contribution is 6.05. The van der Waals surface area contributed by atoms with E-state index >= 15 is 0 Å². The molecule has 6 nitrogen and oxygen atoms in total. The third-order valence-electron chi connectivity index (χ3n) is 3.75. The van der Waals surface area contributed by atoms with Crippen molar-refractivity contribution in [2.75, 3.05) is 10.6 Å². The number of carbonyl (C=O) groups excluding carboxylic acids is 2. The van der Waals surface area contributed by atoms with Gasteiger partial charge in [0.05, 0.1) is 0 Å². The first-order valence-electron chi connectivity index (χ1n) is 8.35. The first-order chi connectivity index (χ1) is 13.1. The number of anilines is 2. The predicted octanol–water partition coefficient (Wildman–Crippen LogP) is 4.01. The molecule has 4 N–H and O–H groups in total. The van der Waals surface area contributed by atoms with Gasteiger partial charge in [0.2, 0.25) is 0 Å². The molecular weight excluding hydrogens is 342 g/mol. The molecule has 0 atom stereocenters. The van der Waals surface area contributed by atoms with Gasteiger partial charge in [0.15, 0.2) is 0 Å². The minimum atomic E-state index is -0.682. The van der Waals surface area contributed by atoms with Crippen LogP contribution in [0.5, 0.6) is 5.75 Å². The number of rotatable bonds is 6. The van der Waals surface area contributed by atoms with E-state index in [0.29, 0.717) is 29.3 Å². The van der Waals surface area contributed by atoms with Gasteiger partial charge in [0, 0.05) is 16.9 Å². The molecule has 3 aromatic rings. The summed E-state index contributed by atoms with van der Waals surface area (Å²) in [6.07, 6.45) is 0. The second-order valence-corrected chi connectivity index (χ2v) is 5.82. The van der Waals surface area contributed by atoms with Crippen molar-refractivity contribution < 1.29 is 14.3 Å². The van der Waals surface area contributed by atoms with Crippen molar-refractivity contribution in [3.05, 3.63) is 90.0 Å². The van der Waals surface area contributed by atoms with Crippen LogP contribution in [0, 0.1) is 0 Å². The molecule has 6 heteroatoms. The lowest BCUT2D eigenvalue weighted by atomic mass is 10.2. The first kappa shape index (κ1) is 18.0. The highest BCUT2D eigenvalue weighted by Crippen LogP contribution is 2.18. The molecule has 0 aromatic heterocycles. The normalized spacial score (nSPS) is 10.1. The van der Waals surface area contributed by atoms with Crippen LogP contribution in [0.15, 0.2) is 78.9 Å². The molecule has 0 saturated heterocycles. The number of nitrogens with one attached hydrogen (secondary N) is 2. The van der Waals surface area contributed by atoms with Crippen LogP contribution in [0.4, 0.5) is 16.2 Å². The Morgan fingerprint density at radius 3 is 2.26 bits per heavy atom. The number of urea groups is 1. The Kier molecular flexibility index (Phi) is 5.69. The molecule has 0 bridgehead atoms. The van der Waals surface area contributed by atoms with Gasteiger partial charge in [-0.05, 0) is 48.0 Å². The van der Waals surface area contributed by atoms with E-state index in [1.807, 2.05) is 30.3 Å².